The lowest BCUT2D eigenvalue weighted by Gasteiger charge is -2.29. The Morgan fingerprint density at radius 2 is 1.07 bits per heavy atom. The Labute approximate surface area is 162 Å². The number of hydrogen-bond acceptors (Lipinski definition) is 6. The Bertz CT molecular complexity index is 514. The highest BCUT2D eigenvalue weighted by molar-refractivity contribution is 5.68. The van der Waals surface area contributed by atoms with Crippen LogP contribution in [0.25, 0.3) is 0 Å². The van der Waals surface area contributed by atoms with E-state index in [0.717, 1.165) is 0 Å². The molecule has 0 aliphatic carbocycles. The van der Waals surface area contributed by atoms with Gasteiger partial charge in [-0.05, 0) is 48.0 Å². The first-order chi connectivity index (χ1) is 12.4. The highest BCUT2D eigenvalue weighted by atomic mass is 16.6. The van der Waals surface area contributed by atoms with E-state index in [1.54, 1.807) is 41.5 Å². The van der Waals surface area contributed by atoms with Crippen molar-refractivity contribution in [3.05, 3.63) is 0 Å². The van der Waals surface area contributed by atoms with Gasteiger partial charge in [-0.15, -0.1) is 0 Å². The van der Waals surface area contributed by atoms with Crippen LogP contribution < -0.4 is 0 Å². The summed E-state index contributed by atoms with van der Waals surface area (Å²) < 4.78 is 10.7. The summed E-state index contributed by atoms with van der Waals surface area (Å²) >= 11 is 0. The smallest absolute Gasteiger partial charge is 0.410 e. The van der Waals surface area contributed by atoms with E-state index in [9.17, 15) is 9.59 Å². The van der Waals surface area contributed by atoms with Crippen LogP contribution in [0.5, 0.6) is 0 Å². The van der Waals surface area contributed by atoms with Crippen LogP contribution in [0.1, 0.15) is 60.8 Å². The van der Waals surface area contributed by atoms with Crippen LogP contribution in [0.15, 0.2) is 0 Å². The molecular weight excluding hydrogens is 348 g/mol. The average Bonchev–Trinajstić information content (AvgIpc) is 2.49. The molecule has 0 atom stereocenters. The van der Waals surface area contributed by atoms with Gasteiger partial charge in [-0.3, -0.25) is 0 Å². The van der Waals surface area contributed by atoms with Crippen molar-refractivity contribution in [2.45, 2.75) is 72.0 Å². The van der Waals surface area contributed by atoms with E-state index in [-0.39, 0.29) is 25.9 Å². The van der Waals surface area contributed by atoms with E-state index in [1.807, 2.05) is 12.1 Å². The third-order valence-corrected chi connectivity index (χ3v) is 3.15. The normalized spacial score (nSPS) is 11.1. The number of carbonyl (C=O) groups excluding carboxylic acids is 2. The van der Waals surface area contributed by atoms with E-state index in [2.05, 4.69) is 0 Å². The Hall–Kier alpha value is -2.48. The summed E-state index contributed by atoms with van der Waals surface area (Å²) in [6.45, 7) is 11.9. The predicted octanol–water partition coefficient (Wildman–Crippen LogP) is 3.68. The van der Waals surface area contributed by atoms with E-state index in [0.29, 0.717) is 19.5 Å². The molecule has 0 aliphatic heterocycles. The van der Waals surface area contributed by atoms with Crippen LogP contribution in [-0.4, -0.2) is 59.4 Å². The third-order valence-electron chi connectivity index (χ3n) is 3.15. The molecular formula is C19H32N4O4. The number of nitriles is 2. The first-order valence-corrected chi connectivity index (χ1v) is 9.09. The zero-order valence-electron chi connectivity index (χ0n) is 17.4. The second-order valence-electron chi connectivity index (χ2n) is 8.10. The first kappa shape index (κ1) is 24.5. The van der Waals surface area contributed by atoms with Crippen LogP contribution >= 0.6 is 0 Å². The molecule has 0 aromatic heterocycles. The number of hydrogen-bond donors (Lipinski definition) is 0. The SMILES string of the molecule is CC(C)(C)OC(=O)N(CCC#N)CCCN(CCC#N)C(=O)OC(C)(C)C. The summed E-state index contributed by atoms with van der Waals surface area (Å²) in [5.41, 5.74) is -1.26. The molecule has 0 unspecified atom stereocenters. The third kappa shape index (κ3) is 12.5. The van der Waals surface area contributed by atoms with Crippen molar-refractivity contribution in [2.24, 2.45) is 0 Å². The van der Waals surface area contributed by atoms with Crippen molar-refractivity contribution in [1.29, 1.82) is 10.5 Å². The van der Waals surface area contributed by atoms with E-state index in [4.69, 9.17) is 20.0 Å². The fraction of sp³-hybridized carbons (Fsp3) is 0.789. The van der Waals surface area contributed by atoms with Crippen molar-refractivity contribution < 1.29 is 19.1 Å². The van der Waals surface area contributed by atoms with Gasteiger partial charge in [0.05, 0.1) is 25.0 Å². The maximum Gasteiger partial charge on any atom is 0.410 e. The number of amides is 2. The molecule has 0 saturated carbocycles. The molecule has 2 amide bonds. The minimum absolute atomic E-state index is 0.198. The summed E-state index contributed by atoms with van der Waals surface area (Å²) in [5, 5.41) is 17.6. The van der Waals surface area contributed by atoms with Gasteiger partial charge >= 0.3 is 12.2 Å². The largest absolute Gasteiger partial charge is 0.444 e. The molecule has 0 heterocycles. The average molecular weight is 380 g/mol. The highest BCUT2D eigenvalue weighted by Gasteiger charge is 2.24. The fourth-order valence-electron chi connectivity index (χ4n) is 2.06. The second kappa shape index (κ2) is 11.3. The van der Waals surface area contributed by atoms with Gasteiger partial charge in [-0.2, -0.15) is 10.5 Å². The number of rotatable bonds is 8. The van der Waals surface area contributed by atoms with Crippen LogP contribution in [0.4, 0.5) is 9.59 Å². The predicted molar refractivity (Wildman–Crippen MR) is 101 cm³/mol. The summed E-state index contributed by atoms with van der Waals surface area (Å²) in [4.78, 5) is 27.5. The van der Waals surface area contributed by atoms with Crippen molar-refractivity contribution >= 4 is 12.2 Å². The molecule has 8 heteroatoms. The van der Waals surface area contributed by atoms with Gasteiger partial charge in [0, 0.05) is 26.2 Å². The molecule has 0 aromatic rings. The molecule has 0 radical (unpaired) electrons. The molecule has 8 nitrogen and oxygen atoms in total. The first-order valence-electron chi connectivity index (χ1n) is 9.09. The van der Waals surface area contributed by atoms with Crippen molar-refractivity contribution in [2.75, 3.05) is 26.2 Å². The van der Waals surface area contributed by atoms with Gasteiger partial charge in [0.2, 0.25) is 0 Å². The fourth-order valence-corrected chi connectivity index (χ4v) is 2.06. The van der Waals surface area contributed by atoms with Crippen LogP contribution in [0, 0.1) is 22.7 Å². The highest BCUT2D eigenvalue weighted by Crippen LogP contribution is 2.13. The van der Waals surface area contributed by atoms with Gasteiger partial charge in [-0.1, -0.05) is 0 Å². The minimum Gasteiger partial charge on any atom is -0.444 e. The molecule has 0 spiro atoms. The lowest BCUT2D eigenvalue weighted by molar-refractivity contribution is 0.0210. The van der Waals surface area contributed by atoms with Gasteiger partial charge in [0.1, 0.15) is 11.2 Å². The molecule has 0 aliphatic rings. The molecule has 0 rings (SSSR count). The molecule has 0 aromatic carbocycles. The molecule has 0 N–H and O–H groups in total. The molecule has 27 heavy (non-hydrogen) atoms. The maximum absolute atomic E-state index is 12.3. The number of ether oxygens (including phenoxy) is 2. The van der Waals surface area contributed by atoms with Crippen molar-refractivity contribution in [3.63, 3.8) is 0 Å². The Kier molecular flexibility index (Phi) is 10.2. The van der Waals surface area contributed by atoms with Crippen molar-refractivity contribution in [1.82, 2.24) is 9.80 Å². The Morgan fingerprint density at radius 1 is 0.741 bits per heavy atom. The molecule has 152 valence electrons. The standard InChI is InChI=1S/C19H32N4O4/c1-18(2,3)26-16(24)22(12-7-10-20)14-9-15-23(13-8-11-21)17(25)27-19(4,5)6/h7-9,12-15H2,1-6H3. The molecule has 0 saturated heterocycles. The summed E-state index contributed by atoms with van der Waals surface area (Å²) in [6.07, 6.45) is -0.0976. The van der Waals surface area contributed by atoms with E-state index < -0.39 is 23.4 Å². The van der Waals surface area contributed by atoms with Gasteiger partial charge in [0.25, 0.3) is 0 Å². The van der Waals surface area contributed by atoms with Crippen LogP contribution in [0.2, 0.25) is 0 Å². The summed E-state index contributed by atoms with van der Waals surface area (Å²) in [5.74, 6) is 0. The van der Waals surface area contributed by atoms with Gasteiger partial charge < -0.3 is 19.3 Å². The zero-order chi connectivity index (χ0) is 21.1. The van der Waals surface area contributed by atoms with E-state index in [1.165, 1.54) is 9.80 Å². The van der Waals surface area contributed by atoms with Gasteiger partial charge in [-0.25, -0.2) is 9.59 Å². The topological polar surface area (TPSA) is 107 Å². The number of nitrogens with zero attached hydrogens (tertiary/aromatic N) is 4. The lowest BCUT2D eigenvalue weighted by atomic mass is 10.2. The number of carbonyl (C=O) groups is 2. The maximum atomic E-state index is 12.3. The monoisotopic (exact) mass is 380 g/mol. The van der Waals surface area contributed by atoms with Crippen molar-refractivity contribution in [3.8, 4) is 12.1 Å². The lowest BCUT2D eigenvalue weighted by Crippen LogP contribution is -2.41. The van der Waals surface area contributed by atoms with Gasteiger partial charge in [0.15, 0.2) is 0 Å². The van der Waals surface area contributed by atoms with E-state index >= 15 is 0 Å². The minimum atomic E-state index is -0.628. The zero-order valence-corrected chi connectivity index (χ0v) is 17.4. The molecule has 0 fully saturated rings. The summed E-state index contributed by atoms with van der Waals surface area (Å²) in [6, 6.07) is 4.03. The molecule has 0 bridgehead atoms. The second-order valence-corrected chi connectivity index (χ2v) is 8.10. The quantitative estimate of drug-likeness (QED) is 0.636. The Balaban J connectivity index is 4.84. The Morgan fingerprint density at radius 3 is 1.33 bits per heavy atom. The van der Waals surface area contributed by atoms with Crippen LogP contribution in [0.3, 0.4) is 0 Å². The summed E-state index contributed by atoms with van der Waals surface area (Å²) in [7, 11) is 0. The van der Waals surface area contributed by atoms with Crippen LogP contribution in [-0.2, 0) is 9.47 Å².